The fourth-order valence-corrected chi connectivity index (χ4v) is 5.99. The minimum atomic E-state index is -1.34. The molecule has 4 rings (SSSR count). The van der Waals surface area contributed by atoms with Crippen molar-refractivity contribution in [1.82, 2.24) is 0 Å². The Labute approximate surface area is 117 Å². The van der Waals surface area contributed by atoms with Gasteiger partial charge in [0.05, 0.1) is 24.2 Å². The molecule has 8 unspecified atom stereocenters. The minimum Gasteiger partial charge on any atom is -0.395 e. The second kappa shape index (κ2) is 3.29. The molecule has 0 spiro atoms. The van der Waals surface area contributed by atoms with Crippen LogP contribution in [-0.4, -0.2) is 51.6 Å². The molecule has 1 saturated heterocycles. The Morgan fingerprint density at radius 3 is 2.60 bits per heavy atom. The number of hydrogen-bond donors (Lipinski definition) is 3. The summed E-state index contributed by atoms with van der Waals surface area (Å²) in [4.78, 5) is 12.7. The number of carbonyl (C=O) groups is 1. The number of aliphatic hydroxyl groups is 3. The van der Waals surface area contributed by atoms with Gasteiger partial charge in [-0.15, -0.1) is 0 Å². The SMILES string of the molecule is CC1C2OC3C4C(CC4(C)C)C(CO)(C(=O)C2O)C13O. The molecule has 0 aromatic carbocycles. The Morgan fingerprint density at radius 1 is 1.40 bits per heavy atom. The molecule has 5 heteroatoms. The van der Waals surface area contributed by atoms with E-state index >= 15 is 0 Å². The van der Waals surface area contributed by atoms with Crippen LogP contribution in [0.2, 0.25) is 0 Å². The fraction of sp³-hybridized carbons (Fsp3) is 0.933. The molecule has 4 fully saturated rings. The van der Waals surface area contributed by atoms with Gasteiger partial charge in [0.2, 0.25) is 0 Å². The number of fused-ring (bicyclic) bond motifs is 4. The van der Waals surface area contributed by atoms with E-state index < -0.39 is 41.7 Å². The molecular formula is C15H22O5. The lowest BCUT2D eigenvalue weighted by Crippen LogP contribution is -2.68. The van der Waals surface area contributed by atoms with E-state index in [0.29, 0.717) is 0 Å². The average Bonchev–Trinajstić information content (AvgIpc) is 2.70. The van der Waals surface area contributed by atoms with Gasteiger partial charge in [-0.25, -0.2) is 0 Å². The highest BCUT2D eigenvalue weighted by Crippen LogP contribution is 2.75. The molecule has 0 aromatic rings. The van der Waals surface area contributed by atoms with Gasteiger partial charge < -0.3 is 20.1 Å². The maximum Gasteiger partial charge on any atom is 0.175 e. The third-order valence-corrected chi connectivity index (χ3v) is 6.95. The first kappa shape index (κ1) is 13.2. The van der Waals surface area contributed by atoms with E-state index in [0.717, 1.165) is 6.42 Å². The number of aliphatic hydroxyl groups excluding tert-OH is 2. The topological polar surface area (TPSA) is 87.0 Å². The third kappa shape index (κ3) is 0.960. The van der Waals surface area contributed by atoms with E-state index in [1.165, 1.54) is 0 Å². The standard InChI is InChI=1S/C15H22O5/c1-6-10-9(17)11(18)14(5-16)7-4-13(2,3)8(7)12(20-10)15(6,14)19/h6-10,12,16-17,19H,4-5H2,1-3H3. The first-order valence-corrected chi connectivity index (χ1v) is 7.44. The monoisotopic (exact) mass is 282 g/mol. The van der Waals surface area contributed by atoms with Crippen molar-refractivity contribution in [1.29, 1.82) is 0 Å². The first-order chi connectivity index (χ1) is 9.23. The molecule has 4 aliphatic rings. The van der Waals surface area contributed by atoms with Crippen molar-refractivity contribution < 1.29 is 24.9 Å². The summed E-state index contributed by atoms with van der Waals surface area (Å²) in [5.41, 5.74) is -2.59. The highest BCUT2D eigenvalue weighted by Gasteiger charge is 2.85. The summed E-state index contributed by atoms with van der Waals surface area (Å²) in [7, 11) is 0. The van der Waals surface area contributed by atoms with Gasteiger partial charge in [0.15, 0.2) is 5.78 Å². The Bertz CT molecular complexity index is 502. The van der Waals surface area contributed by atoms with Crippen molar-refractivity contribution in [3.8, 4) is 0 Å². The minimum absolute atomic E-state index is 0.00256. The summed E-state index contributed by atoms with van der Waals surface area (Å²) in [5, 5.41) is 31.6. The summed E-state index contributed by atoms with van der Waals surface area (Å²) in [6, 6.07) is 0. The van der Waals surface area contributed by atoms with Crippen LogP contribution in [0.4, 0.5) is 0 Å². The number of hydrogen-bond acceptors (Lipinski definition) is 5. The second-order valence-corrected chi connectivity index (χ2v) is 7.90. The fourth-order valence-electron chi connectivity index (χ4n) is 5.99. The van der Waals surface area contributed by atoms with Gasteiger partial charge in [-0.1, -0.05) is 20.8 Å². The van der Waals surface area contributed by atoms with Crippen LogP contribution in [0.1, 0.15) is 27.2 Å². The smallest absolute Gasteiger partial charge is 0.175 e. The van der Waals surface area contributed by atoms with Crippen LogP contribution < -0.4 is 0 Å². The summed E-state index contributed by atoms with van der Waals surface area (Å²) >= 11 is 0. The number of carbonyl (C=O) groups excluding carboxylic acids is 1. The maximum atomic E-state index is 12.7. The average molecular weight is 282 g/mol. The molecule has 3 saturated carbocycles. The van der Waals surface area contributed by atoms with Gasteiger partial charge >= 0.3 is 0 Å². The van der Waals surface area contributed by atoms with Gasteiger partial charge in [-0.2, -0.15) is 0 Å². The van der Waals surface area contributed by atoms with Gasteiger partial charge in [-0.3, -0.25) is 4.79 Å². The Morgan fingerprint density at radius 2 is 2.05 bits per heavy atom. The highest BCUT2D eigenvalue weighted by molar-refractivity contribution is 5.94. The molecule has 0 aromatic heterocycles. The number of ketones is 1. The van der Waals surface area contributed by atoms with Crippen LogP contribution in [0.3, 0.4) is 0 Å². The summed E-state index contributed by atoms with van der Waals surface area (Å²) in [6.07, 6.45) is -1.55. The number of Topliss-reactive ketones (excluding diaryl/α,β-unsaturated/α-hetero) is 1. The zero-order chi connectivity index (χ0) is 14.7. The van der Waals surface area contributed by atoms with E-state index in [9.17, 15) is 20.1 Å². The van der Waals surface area contributed by atoms with Gasteiger partial charge in [0, 0.05) is 5.92 Å². The molecular weight excluding hydrogens is 260 g/mol. The normalized spacial score (nSPS) is 62.2. The maximum absolute atomic E-state index is 12.7. The summed E-state index contributed by atoms with van der Waals surface area (Å²) in [5.74, 6) is -0.781. The molecule has 3 aliphatic carbocycles. The van der Waals surface area contributed by atoms with Crippen LogP contribution in [0.5, 0.6) is 0 Å². The Kier molecular flexibility index (Phi) is 2.17. The molecule has 8 atom stereocenters. The zero-order valence-electron chi connectivity index (χ0n) is 12.0. The van der Waals surface area contributed by atoms with Crippen LogP contribution in [-0.2, 0) is 9.53 Å². The lowest BCUT2D eigenvalue weighted by Gasteiger charge is -2.56. The van der Waals surface area contributed by atoms with Crippen molar-refractivity contribution in [3.63, 3.8) is 0 Å². The van der Waals surface area contributed by atoms with Crippen molar-refractivity contribution >= 4 is 5.78 Å². The van der Waals surface area contributed by atoms with Crippen LogP contribution in [0.15, 0.2) is 0 Å². The summed E-state index contributed by atoms with van der Waals surface area (Å²) < 4.78 is 5.94. The molecule has 5 nitrogen and oxygen atoms in total. The van der Waals surface area contributed by atoms with Crippen LogP contribution in [0.25, 0.3) is 0 Å². The lowest BCUT2D eigenvalue weighted by molar-refractivity contribution is -0.199. The lowest BCUT2D eigenvalue weighted by atomic mass is 9.48. The largest absolute Gasteiger partial charge is 0.395 e. The van der Waals surface area contributed by atoms with E-state index in [-0.39, 0.29) is 23.2 Å². The predicted octanol–water partition coefficient (Wildman–Crippen LogP) is -0.281. The van der Waals surface area contributed by atoms with Gasteiger partial charge in [-0.05, 0) is 23.7 Å². The van der Waals surface area contributed by atoms with Crippen LogP contribution >= 0.6 is 0 Å². The van der Waals surface area contributed by atoms with Crippen LogP contribution in [0, 0.1) is 28.6 Å². The van der Waals surface area contributed by atoms with Gasteiger partial charge in [0.25, 0.3) is 0 Å². The first-order valence-electron chi connectivity index (χ1n) is 7.44. The molecule has 2 bridgehead atoms. The van der Waals surface area contributed by atoms with Crippen molar-refractivity contribution in [2.45, 2.75) is 51.1 Å². The van der Waals surface area contributed by atoms with E-state index in [1.807, 2.05) is 6.92 Å². The second-order valence-electron chi connectivity index (χ2n) is 7.90. The zero-order valence-corrected chi connectivity index (χ0v) is 12.0. The van der Waals surface area contributed by atoms with E-state index in [2.05, 4.69) is 13.8 Å². The summed E-state index contributed by atoms with van der Waals surface area (Å²) in [6.45, 7) is 5.65. The molecule has 1 aliphatic heterocycles. The van der Waals surface area contributed by atoms with Crippen molar-refractivity contribution in [2.75, 3.05) is 6.61 Å². The van der Waals surface area contributed by atoms with E-state index in [1.54, 1.807) is 0 Å². The molecule has 0 amide bonds. The molecule has 112 valence electrons. The van der Waals surface area contributed by atoms with Crippen molar-refractivity contribution in [3.05, 3.63) is 0 Å². The number of ether oxygens (including phenoxy) is 1. The quantitative estimate of drug-likeness (QED) is 0.616. The molecule has 20 heavy (non-hydrogen) atoms. The molecule has 3 N–H and O–H groups in total. The Balaban J connectivity index is 1.95. The Hall–Kier alpha value is -0.490. The highest BCUT2D eigenvalue weighted by atomic mass is 16.5. The predicted molar refractivity (Wildman–Crippen MR) is 68.7 cm³/mol. The molecule has 0 radical (unpaired) electrons. The molecule has 1 heterocycles. The van der Waals surface area contributed by atoms with Gasteiger partial charge in [0.1, 0.15) is 11.7 Å². The third-order valence-electron chi connectivity index (χ3n) is 6.95. The van der Waals surface area contributed by atoms with Crippen molar-refractivity contribution in [2.24, 2.45) is 28.6 Å². The number of rotatable bonds is 1. The van der Waals surface area contributed by atoms with E-state index in [4.69, 9.17) is 4.74 Å².